The Labute approximate surface area is 164 Å². The zero-order chi connectivity index (χ0) is 19.4. The lowest BCUT2D eigenvalue weighted by Crippen LogP contribution is -2.51. The highest BCUT2D eigenvalue weighted by molar-refractivity contribution is 6.31. The summed E-state index contributed by atoms with van der Waals surface area (Å²) in [6.45, 7) is 6.14. The molecule has 8 heteroatoms. The number of hydrogen-bond donors (Lipinski definition) is 2. The van der Waals surface area contributed by atoms with Crippen molar-refractivity contribution in [2.45, 2.75) is 13.0 Å². The third-order valence-electron chi connectivity index (χ3n) is 4.84. The minimum atomic E-state index is -0.644. The Balaban J connectivity index is 1.97. The second-order valence-corrected chi connectivity index (χ2v) is 7.15. The van der Waals surface area contributed by atoms with Gasteiger partial charge in [0.15, 0.2) is 0 Å². The molecule has 0 bridgehead atoms. The summed E-state index contributed by atoms with van der Waals surface area (Å²) in [5.74, 6) is -0.445. The van der Waals surface area contributed by atoms with Crippen LogP contribution in [0.4, 0.5) is 4.79 Å². The van der Waals surface area contributed by atoms with Gasteiger partial charge in [-0.05, 0) is 25.6 Å². The highest BCUT2D eigenvalue weighted by atomic mass is 35.5. The number of piperazine rings is 1. The van der Waals surface area contributed by atoms with E-state index in [1.54, 1.807) is 13.0 Å². The monoisotopic (exact) mass is 392 g/mol. The zero-order valence-electron chi connectivity index (χ0n) is 15.6. The van der Waals surface area contributed by atoms with Gasteiger partial charge in [0, 0.05) is 43.4 Å². The van der Waals surface area contributed by atoms with Gasteiger partial charge in [0.1, 0.15) is 0 Å². The Morgan fingerprint density at radius 2 is 1.96 bits per heavy atom. The molecule has 1 aromatic rings. The Hall–Kier alpha value is -2.09. The second-order valence-electron chi connectivity index (χ2n) is 6.75. The van der Waals surface area contributed by atoms with Crippen LogP contribution in [0.25, 0.3) is 0 Å². The third kappa shape index (κ3) is 4.61. The van der Waals surface area contributed by atoms with E-state index in [4.69, 9.17) is 16.3 Å². The molecular weight excluding hydrogens is 368 g/mol. The van der Waals surface area contributed by atoms with Crippen molar-refractivity contribution in [3.8, 4) is 0 Å². The lowest BCUT2D eigenvalue weighted by atomic mass is 9.95. The van der Waals surface area contributed by atoms with Crippen LogP contribution in [0.2, 0.25) is 5.02 Å². The molecule has 2 N–H and O–H groups in total. The molecule has 1 atom stereocenters. The molecule has 146 valence electrons. The van der Waals surface area contributed by atoms with E-state index in [0.29, 0.717) is 28.4 Å². The van der Waals surface area contributed by atoms with Crippen molar-refractivity contribution < 1.29 is 14.3 Å². The van der Waals surface area contributed by atoms with Crippen LogP contribution in [0.1, 0.15) is 18.5 Å². The summed E-state index contributed by atoms with van der Waals surface area (Å²) in [4.78, 5) is 29.6. The molecule has 3 rings (SSSR count). The number of urea groups is 1. The van der Waals surface area contributed by atoms with Gasteiger partial charge in [-0.25, -0.2) is 9.59 Å². The van der Waals surface area contributed by atoms with Crippen LogP contribution in [-0.4, -0.2) is 68.2 Å². The smallest absolute Gasteiger partial charge is 0.338 e. The quantitative estimate of drug-likeness (QED) is 0.747. The molecule has 27 heavy (non-hydrogen) atoms. The summed E-state index contributed by atoms with van der Waals surface area (Å²) in [6, 6.07) is 6.21. The van der Waals surface area contributed by atoms with Crippen LogP contribution in [0, 0.1) is 0 Å². The van der Waals surface area contributed by atoms with Gasteiger partial charge in [0.2, 0.25) is 0 Å². The highest BCUT2D eigenvalue weighted by Gasteiger charge is 2.35. The van der Waals surface area contributed by atoms with Crippen LogP contribution in [-0.2, 0) is 9.53 Å². The van der Waals surface area contributed by atoms with Gasteiger partial charge < -0.3 is 20.3 Å². The summed E-state index contributed by atoms with van der Waals surface area (Å²) >= 11 is 6.35. The topological polar surface area (TPSA) is 73.9 Å². The summed E-state index contributed by atoms with van der Waals surface area (Å²) in [5, 5.41) is 6.12. The molecular formula is C19H25ClN4O3. The molecule has 2 aliphatic rings. The number of likely N-dealkylation sites (N-methyl/N-ethyl adjacent to an activating group) is 1. The predicted octanol–water partition coefficient (Wildman–Crippen LogP) is 1.76. The number of hydrogen-bond acceptors (Lipinski definition) is 5. The first-order chi connectivity index (χ1) is 13.0. The van der Waals surface area contributed by atoms with E-state index >= 15 is 0 Å². The number of carbonyl (C=O) groups is 2. The molecule has 0 saturated carbocycles. The van der Waals surface area contributed by atoms with Gasteiger partial charge in [-0.2, -0.15) is 0 Å². The molecule has 2 heterocycles. The van der Waals surface area contributed by atoms with Crippen LogP contribution >= 0.6 is 11.6 Å². The SMILES string of the molecule is CCOC(=O)C1=C(CN2CCN(C)CC2)NC(=O)NC1c1ccccc1Cl. The first-order valence-corrected chi connectivity index (χ1v) is 9.50. The Kier molecular flexibility index (Phi) is 6.36. The van der Waals surface area contributed by atoms with Crippen molar-refractivity contribution in [1.29, 1.82) is 0 Å². The van der Waals surface area contributed by atoms with E-state index in [0.717, 1.165) is 26.2 Å². The molecule has 1 unspecified atom stereocenters. The number of benzene rings is 1. The number of ether oxygens (including phenoxy) is 1. The van der Waals surface area contributed by atoms with Crippen LogP contribution in [0.5, 0.6) is 0 Å². The number of carbonyl (C=O) groups excluding carboxylic acids is 2. The number of halogens is 1. The van der Waals surface area contributed by atoms with Crippen molar-refractivity contribution in [3.63, 3.8) is 0 Å². The zero-order valence-corrected chi connectivity index (χ0v) is 16.4. The fourth-order valence-corrected chi connectivity index (χ4v) is 3.61. The molecule has 1 aromatic carbocycles. The van der Waals surface area contributed by atoms with Gasteiger partial charge >= 0.3 is 12.0 Å². The lowest BCUT2D eigenvalue weighted by molar-refractivity contribution is -0.139. The first kappa shape index (κ1) is 19.7. The summed E-state index contributed by atoms with van der Waals surface area (Å²) < 4.78 is 5.29. The van der Waals surface area contributed by atoms with Gasteiger partial charge in [-0.15, -0.1) is 0 Å². The maximum Gasteiger partial charge on any atom is 0.338 e. The van der Waals surface area contributed by atoms with Gasteiger partial charge in [0.05, 0.1) is 18.2 Å². The minimum Gasteiger partial charge on any atom is -0.463 e. The maximum atomic E-state index is 12.8. The van der Waals surface area contributed by atoms with E-state index in [1.165, 1.54) is 0 Å². The molecule has 0 aromatic heterocycles. The average Bonchev–Trinajstić information content (AvgIpc) is 2.63. The summed E-state index contributed by atoms with van der Waals surface area (Å²) in [5.41, 5.74) is 1.66. The van der Waals surface area contributed by atoms with Gasteiger partial charge in [0.25, 0.3) is 0 Å². The maximum absolute atomic E-state index is 12.8. The van der Waals surface area contributed by atoms with Crippen molar-refractivity contribution in [2.24, 2.45) is 0 Å². The molecule has 1 saturated heterocycles. The van der Waals surface area contributed by atoms with E-state index in [-0.39, 0.29) is 12.6 Å². The number of esters is 1. The Bertz CT molecular complexity index is 744. The van der Waals surface area contributed by atoms with E-state index in [9.17, 15) is 9.59 Å². The lowest BCUT2D eigenvalue weighted by Gasteiger charge is -2.35. The van der Waals surface area contributed by atoms with Crippen molar-refractivity contribution >= 4 is 23.6 Å². The number of nitrogens with zero attached hydrogens (tertiary/aromatic N) is 2. The van der Waals surface area contributed by atoms with E-state index < -0.39 is 12.0 Å². The first-order valence-electron chi connectivity index (χ1n) is 9.12. The minimum absolute atomic E-state index is 0.257. The van der Waals surface area contributed by atoms with Crippen molar-refractivity contribution in [2.75, 3.05) is 46.4 Å². The molecule has 0 spiro atoms. The average molecular weight is 393 g/mol. The van der Waals surface area contributed by atoms with Crippen LogP contribution in [0.15, 0.2) is 35.5 Å². The molecule has 7 nitrogen and oxygen atoms in total. The molecule has 1 fully saturated rings. The van der Waals surface area contributed by atoms with Gasteiger partial charge in [-0.3, -0.25) is 4.90 Å². The van der Waals surface area contributed by atoms with Crippen LogP contribution in [0.3, 0.4) is 0 Å². The number of rotatable bonds is 5. The fraction of sp³-hybridized carbons (Fsp3) is 0.474. The van der Waals surface area contributed by atoms with E-state index in [2.05, 4.69) is 27.5 Å². The molecule has 2 amide bonds. The molecule has 2 aliphatic heterocycles. The van der Waals surface area contributed by atoms with Crippen molar-refractivity contribution in [1.82, 2.24) is 20.4 Å². The largest absolute Gasteiger partial charge is 0.463 e. The fourth-order valence-electron chi connectivity index (χ4n) is 3.36. The Morgan fingerprint density at radius 1 is 1.26 bits per heavy atom. The number of nitrogens with one attached hydrogen (secondary N) is 2. The Morgan fingerprint density at radius 3 is 2.63 bits per heavy atom. The highest BCUT2D eigenvalue weighted by Crippen LogP contribution is 2.32. The number of amides is 2. The molecule has 0 aliphatic carbocycles. The summed E-state index contributed by atoms with van der Waals surface area (Å²) in [6.07, 6.45) is 0. The van der Waals surface area contributed by atoms with E-state index in [1.807, 2.05) is 18.2 Å². The van der Waals surface area contributed by atoms with Crippen LogP contribution < -0.4 is 10.6 Å². The normalized spacial score (nSPS) is 21.6. The third-order valence-corrected chi connectivity index (χ3v) is 5.19. The predicted molar refractivity (Wildman–Crippen MR) is 103 cm³/mol. The second kappa shape index (κ2) is 8.73. The molecule has 0 radical (unpaired) electrons. The van der Waals surface area contributed by atoms with Crippen molar-refractivity contribution in [3.05, 3.63) is 46.1 Å². The summed E-state index contributed by atoms with van der Waals surface area (Å²) in [7, 11) is 2.08. The van der Waals surface area contributed by atoms with Gasteiger partial charge in [-0.1, -0.05) is 29.8 Å². The standard InChI is InChI=1S/C19H25ClN4O3/c1-3-27-18(25)16-15(12-24-10-8-23(2)9-11-24)21-19(26)22-17(16)13-6-4-5-7-14(13)20/h4-7,17H,3,8-12H2,1-2H3,(H2,21,22,26).